The van der Waals surface area contributed by atoms with Crippen LogP contribution in [0, 0.1) is 6.92 Å². The molecule has 0 saturated carbocycles. The predicted molar refractivity (Wildman–Crippen MR) is 156 cm³/mol. The van der Waals surface area contributed by atoms with E-state index in [1.807, 2.05) is 60.7 Å². The number of carbonyl (C=O) groups is 1. The number of carbonyl (C=O) groups excluding carboxylic acids is 1. The van der Waals surface area contributed by atoms with Gasteiger partial charge in [-0.2, -0.15) is 10.1 Å². The fourth-order valence-corrected chi connectivity index (χ4v) is 5.14. The number of aromatic nitrogens is 2. The van der Waals surface area contributed by atoms with Crippen LogP contribution in [0.15, 0.2) is 98.7 Å². The van der Waals surface area contributed by atoms with Gasteiger partial charge in [-0.1, -0.05) is 77.8 Å². The molecular weight excluding hydrogens is 541 g/mol. The second-order valence-electron chi connectivity index (χ2n) is 8.32. The van der Waals surface area contributed by atoms with Gasteiger partial charge in [-0.3, -0.25) is 14.3 Å². The van der Waals surface area contributed by atoms with Crippen LogP contribution >= 0.6 is 35.0 Å². The smallest absolute Gasteiger partial charge is 0.283 e. The maximum atomic E-state index is 13.5. The van der Waals surface area contributed by atoms with Crippen molar-refractivity contribution in [2.75, 3.05) is 0 Å². The van der Waals surface area contributed by atoms with Crippen LogP contribution in [0.2, 0.25) is 10.0 Å². The Hall–Kier alpha value is -3.85. The first-order valence-corrected chi connectivity index (χ1v) is 13.1. The van der Waals surface area contributed by atoms with E-state index in [4.69, 9.17) is 23.2 Å². The molecule has 1 aliphatic rings. The van der Waals surface area contributed by atoms with E-state index in [9.17, 15) is 9.59 Å². The van der Waals surface area contributed by atoms with Crippen LogP contribution in [0.5, 0.6) is 0 Å². The number of para-hydroxylation sites is 1. The number of benzene rings is 3. The summed E-state index contributed by atoms with van der Waals surface area (Å²) in [5.41, 5.74) is 2.57. The Morgan fingerprint density at radius 2 is 1.45 bits per heavy atom. The van der Waals surface area contributed by atoms with E-state index < -0.39 is 5.91 Å². The molecule has 7 nitrogen and oxygen atoms in total. The average Bonchev–Trinajstić information content (AvgIpc) is 3.32. The van der Waals surface area contributed by atoms with Crippen molar-refractivity contribution in [3.05, 3.63) is 121 Å². The molecule has 1 aromatic heterocycles. The number of thioether (sulfide) groups is 1. The molecule has 190 valence electrons. The largest absolute Gasteiger partial charge is 0.297 e. The Balaban J connectivity index is 1.62. The Labute approximate surface area is 233 Å². The highest BCUT2D eigenvalue weighted by Crippen LogP contribution is 2.35. The van der Waals surface area contributed by atoms with Crippen LogP contribution in [-0.4, -0.2) is 31.7 Å². The molecule has 1 amide bonds. The van der Waals surface area contributed by atoms with Gasteiger partial charge in [-0.25, -0.2) is 9.67 Å². The fraction of sp³-hybridized carbons (Fsp3) is 0.0714. The summed E-state index contributed by atoms with van der Waals surface area (Å²) in [5, 5.41) is 6.82. The van der Waals surface area contributed by atoms with Gasteiger partial charge in [0, 0.05) is 22.7 Å². The fourth-order valence-electron chi connectivity index (χ4n) is 3.85. The van der Waals surface area contributed by atoms with Crippen molar-refractivity contribution in [2.45, 2.75) is 6.92 Å². The summed E-state index contributed by atoms with van der Waals surface area (Å²) in [4.78, 5) is 32.0. The molecule has 0 radical (unpaired) electrons. The van der Waals surface area contributed by atoms with Crippen molar-refractivity contribution >= 4 is 64.0 Å². The van der Waals surface area contributed by atoms with Gasteiger partial charge in [0.05, 0.1) is 22.5 Å². The van der Waals surface area contributed by atoms with Crippen LogP contribution in [0.3, 0.4) is 0 Å². The standard InChI is InChI=1S/C28H21Cl2N5O2S/c1-18-25(27(37)35(33(18)2)21-12-4-3-5-13-21)32-28-34(31-17-20-11-7-9-15-23(20)30)26(36)24(38-28)16-19-10-6-8-14-22(19)29/h3-17H,1-2H3/b24-16+,31-17-,32-28?. The number of hydrogen-bond donors (Lipinski definition) is 0. The number of hydrogen-bond acceptors (Lipinski definition) is 5. The zero-order valence-electron chi connectivity index (χ0n) is 20.4. The minimum absolute atomic E-state index is 0.212. The molecule has 3 aromatic carbocycles. The normalized spacial score (nSPS) is 15.9. The molecule has 0 N–H and O–H groups in total. The summed E-state index contributed by atoms with van der Waals surface area (Å²) < 4.78 is 3.27. The summed E-state index contributed by atoms with van der Waals surface area (Å²) in [6, 6.07) is 23.7. The lowest BCUT2D eigenvalue weighted by Gasteiger charge is -2.08. The molecule has 1 aliphatic heterocycles. The van der Waals surface area contributed by atoms with Gasteiger partial charge >= 0.3 is 0 Å². The van der Waals surface area contributed by atoms with Crippen LogP contribution in [0.4, 0.5) is 5.69 Å². The van der Waals surface area contributed by atoms with Gasteiger partial charge in [0.25, 0.3) is 11.5 Å². The molecule has 1 fully saturated rings. The third-order valence-electron chi connectivity index (χ3n) is 5.93. The molecule has 5 rings (SSSR count). The van der Waals surface area contributed by atoms with Crippen molar-refractivity contribution in [2.24, 2.45) is 17.1 Å². The van der Waals surface area contributed by atoms with E-state index in [1.165, 1.54) is 15.9 Å². The second-order valence-corrected chi connectivity index (χ2v) is 10.1. The SMILES string of the molecule is Cc1c(N=C2S/C(=C/c3ccccc3Cl)C(=O)N2/N=C\c2ccccc2Cl)c(=O)n(-c2ccccc2)n1C. The van der Waals surface area contributed by atoms with Crippen LogP contribution in [-0.2, 0) is 11.8 Å². The lowest BCUT2D eigenvalue weighted by Crippen LogP contribution is -2.24. The van der Waals surface area contributed by atoms with Gasteiger partial charge < -0.3 is 0 Å². The van der Waals surface area contributed by atoms with Gasteiger partial charge in [0.15, 0.2) is 10.9 Å². The molecule has 10 heteroatoms. The molecular formula is C28H21Cl2N5O2S. The monoisotopic (exact) mass is 561 g/mol. The van der Waals surface area contributed by atoms with Gasteiger partial charge in [0.1, 0.15) is 0 Å². The first-order valence-electron chi connectivity index (χ1n) is 11.5. The number of amidine groups is 1. The molecule has 0 unspecified atom stereocenters. The highest BCUT2D eigenvalue weighted by molar-refractivity contribution is 8.18. The number of rotatable bonds is 5. The number of halogens is 2. The summed E-state index contributed by atoms with van der Waals surface area (Å²) in [6.45, 7) is 1.81. The topological polar surface area (TPSA) is 72.0 Å². The van der Waals surface area contributed by atoms with Crippen LogP contribution in [0.1, 0.15) is 16.8 Å². The summed E-state index contributed by atoms with van der Waals surface area (Å²) in [5.74, 6) is -0.394. The van der Waals surface area contributed by atoms with Gasteiger partial charge in [0.2, 0.25) is 0 Å². The van der Waals surface area contributed by atoms with Crippen molar-refractivity contribution in [3.8, 4) is 5.69 Å². The Kier molecular flexibility index (Phi) is 7.37. The number of nitrogens with zero attached hydrogens (tertiary/aromatic N) is 5. The molecule has 0 atom stereocenters. The lowest BCUT2D eigenvalue weighted by molar-refractivity contribution is -0.122. The summed E-state index contributed by atoms with van der Waals surface area (Å²) >= 11 is 13.7. The zero-order chi connectivity index (χ0) is 26.8. The molecule has 4 aromatic rings. The lowest BCUT2D eigenvalue weighted by atomic mass is 10.2. The van der Waals surface area contributed by atoms with Crippen LogP contribution < -0.4 is 5.56 Å². The quantitative estimate of drug-likeness (QED) is 0.208. The number of amides is 1. The molecule has 0 spiro atoms. The molecule has 2 heterocycles. The van der Waals surface area contributed by atoms with Crippen molar-refractivity contribution < 1.29 is 4.79 Å². The molecule has 0 bridgehead atoms. The zero-order valence-corrected chi connectivity index (χ0v) is 22.7. The second kappa shape index (κ2) is 10.9. The van der Waals surface area contributed by atoms with E-state index in [1.54, 1.807) is 42.9 Å². The molecule has 38 heavy (non-hydrogen) atoms. The van der Waals surface area contributed by atoms with Crippen LogP contribution in [0.25, 0.3) is 11.8 Å². The average molecular weight is 562 g/mol. The first kappa shape index (κ1) is 25.8. The Morgan fingerprint density at radius 3 is 2.11 bits per heavy atom. The minimum atomic E-state index is -0.394. The molecule has 1 saturated heterocycles. The third kappa shape index (κ3) is 4.98. The first-order chi connectivity index (χ1) is 18.3. The van der Waals surface area contributed by atoms with E-state index in [2.05, 4.69) is 10.1 Å². The maximum Gasteiger partial charge on any atom is 0.297 e. The number of hydrazone groups is 1. The molecule has 0 aliphatic carbocycles. The van der Waals surface area contributed by atoms with E-state index in [0.29, 0.717) is 37.5 Å². The minimum Gasteiger partial charge on any atom is -0.283 e. The highest BCUT2D eigenvalue weighted by atomic mass is 35.5. The Morgan fingerprint density at radius 1 is 0.842 bits per heavy atom. The van der Waals surface area contributed by atoms with Crippen molar-refractivity contribution in [3.63, 3.8) is 0 Å². The maximum absolute atomic E-state index is 13.5. The van der Waals surface area contributed by atoms with Gasteiger partial charge in [-0.15, -0.1) is 0 Å². The van der Waals surface area contributed by atoms with Crippen molar-refractivity contribution in [1.82, 2.24) is 14.4 Å². The Bertz CT molecular complexity index is 1690. The number of aliphatic imine (C=N–C) groups is 1. The van der Waals surface area contributed by atoms with E-state index >= 15 is 0 Å². The van der Waals surface area contributed by atoms with Crippen molar-refractivity contribution in [1.29, 1.82) is 0 Å². The van der Waals surface area contributed by atoms with E-state index in [0.717, 1.165) is 11.8 Å². The highest BCUT2D eigenvalue weighted by Gasteiger charge is 2.34. The summed E-state index contributed by atoms with van der Waals surface area (Å²) in [6.07, 6.45) is 3.19. The summed E-state index contributed by atoms with van der Waals surface area (Å²) in [7, 11) is 1.79. The predicted octanol–water partition coefficient (Wildman–Crippen LogP) is 6.43. The third-order valence-corrected chi connectivity index (χ3v) is 7.57. The van der Waals surface area contributed by atoms with Gasteiger partial charge in [-0.05, 0) is 54.6 Å². The van der Waals surface area contributed by atoms with E-state index in [-0.39, 0.29) is 16.4 Å².